The zero-order chi connectivity index (χ0) is 17.2. The van der Waals surface area contributed by atoms with E-state index in [2.05, 4.69) is 5.32 Å². The molecule has 6 nitrogen and oxygen atoms in total. The van der Waals surface area contributed by atoms with Crippen LogP contribution >= 0.6 is 0 Å². The lowest BCUT2D eigenvalue weighted by Crippen LogP contribution is -2.22. The van der Waals surface area contributed by atoms with Crippen molar-refractivity contribution in [3.63, 3.8) is 0 Å². The first-order valence-electron chi connectivity index (χ1n) is 8.19. The maximum Gasteiger partial charge on any atom is 0.306 e. The van der Waals surface area contributed by atoms with Gasteiger partial charge in [-0.1, -0.05) is 6.07 Å². The van der Waals surface area contributed by atoms with E-state index in [9.17, 15) is 18.0 Å². The molecule has 1 atom stereocenters. The number of rotatable bonds is 5. The number of sulfone groups is 1. The lowest BCUT2D eigenvalue weighted by molar-refractivity contribution is -0.148. The van der Waals surface area contributed by atoms with E-state index in [4.69, 9.17) is 4.74 Å². The number of anilines is 1. The van der Waals surface area contributed by atoms with Crippen LogP contribution in [0.4, 0.5) is 5.69 Å². The van der Waals surface area contributed by atoms with E-state index in [1.54, 1.807) is 0 Å². The van der Waals surface area contributed by atoms with E-state index >= 15 is 0 Å². The van der Waals surface area contributed by atoms with Crippen molar-refractivity contribution in [1.82, 2.24) is 0 Å². The van der Waals surface area contributed by atoms with Gasteiger partial charge < -0.3 is 10.1 Å². The van der Waals surface area contributed by atoms with Gasteiger partial charge in [0.2, 0.25) is 0 Å². The van der Waals surface area contributed by atoms with Gasteiger partial charge in [0.25, 0.3) is 5.91 Å². The monoisotopic (exact) mass is 351 g/mol. The maximum atomic E-state index is 11.9. The summed E-state index contributed by atoms with van der Waals surface area (Å²) in [6.07, 6.45) is 3.78. The van der Waals surface area contributed by atoms with Crippen molar-refractivity contribution in [2.24, 2.45) is 5.92 Å². The van der Waals surface area contributed by atoms with Crippen LogP contribution in [0.2, 0.25) is 0 Å². The van der Waals surface area contributed by atoms with Crippen LogP contribution < -0.4 is 5.32 Å². The average molecular weight is 351 g/mol. The molecule has 7 heteroatoms. The molecule has 1 aliphatic heterocycles. The molecule has 1 heterocycles. The van der Waals surface area contributed by atoms with Crippen LogP contribution in [-0.2, 0) is 37.0 Å². The van der Waals surface area contributed by atoms with Gasteiger partial charge in [-0.3, -0.25) is 9.59 Å². The highest BCUT2D eigenvalue weighted by atomic mass is 32.2. The van der Waals surface area contributed by atoms with Gasteiger partial charge in [0.1, 0.15) is 0 Å². The number of carbonyl (C=O) groups is 2. The second-order valence-electron chi connectivity index (χ2n) is 6.52. The Hall–Kier alpha value is -1.89. The third-order valence-electron chi connectivity index (χ3n) is 4.53. The molecular formula is C17H21NO5S. The van der Waals surface area contributed by atoms with Crippen molar-refractivity contribution >= 4 is 27.4 Å². The van der Waals surface area contributed by atoms with E-state index in [0.717, 1.165) is 19.3 Å². The topological polar surface area (TPSA) is 89.5 Å². The first kappa shape index (κ1) is 17.0. The van der Waals surface area contributed by atoms with Crippen LogP contribution in [0.15, 0.2) is 18.2 Å². The summed E-state index contributed by atoms with van der Waals surface area (Å²) in [4.78, 5) is 23.6. The maximum absolute atomic E-state index is 11.9. The highest BCUT2D eigenvalue weighted by Gasteiger charge is 2.30. The quantitative estimate of drug-likeness (QED) is 0.812. The number of carbonyl (C=O) groups excluding carboxylic acids is 2. The van der Waals surface area contributed by atoms with Gasteiger partial charge in [-0.05, 0) is 54.9 Å². The van der Waals surface area contributed by atoms with Gasteiger partial charge in [-0.25, -0.2) is 8.42 Å². The molecule has 0 saturated carbocycles. The number of aryl methyl sites for hydroxylation is 2. The molecule has 1 N–H and O–H groups in total. The Labute approximate surface area is 141 Å². The van der Waals surface area contributed by atoms with E-state index < -0.39 is 15.8 Å². The number of hydrogen-bond acceptors (Lipinski definition) is 5. The molecule has 1 fully saturated rings. The Bertz CT molecular complexity index is 756. The number of hydrogen-bond donors (Lipinski definition) is 1. The number of fused-ring (bicyclic) bond motifs is 1. The molecule has 24 heavy (non-hydrogen) atoms. The van der Waals surface area contributed by atoms with E-state index in [1.807, 2.05) is 18.2 Å². The fraction of sp³-hybridized carbons (Fsp3) is 0.529. The molecule has 2 aliphatic rings. The number of nitrogens with one attached hydrogen (secondary N) is 1. The summed E-state index contributed by atoms with van der Waals surface area (Å²) < 4.78 is 27.7. The Morgan fingerprint density at radius 1 is 1.21 bits per heavy atom. The van der Waals surface area contributed by atoms with E-state index in [1.165, 1.54) is 11.1 Å². The first-order valence-corrected chi connectivity index (χ1v) is 10.0. The first-order chi connectivity index (χ1) is 11.4. The minimum absolute atomic E-state index is 0.0312. The molecule has 0 unspecified atom stereocenters. The largest absolute Gasteiger partial charge is 0.456 e. The molecule has 3 rings (SSSR count). The summed E-state index contributed by atoms with van der Waals surface area (Å²) in [7, 11) is -3.01. The number of amides is 1. The number of ether oxygens (including phenoxy) is 1. The summed E-state index contributed by atoms with van der Waals surface area (Å²) in [5.74, 6) is -0.948. The molecule has 1 saturated heterocycles. The third-order valence-corrected chi connectivity index (χ3v) is 6.37. The van der Waals surface area contributed by atoms with Gasteiger partial charge in [-0.2, -0.15) is 0 Å². The molecule has 130 valence electrons. The number of esters is 1. The Morgan fingerprint density at radius 3 is 2.75 bits per heavy atom. The van der Waals surface area contributed by atoms with Crippen molar-refractivity contribution in [2.45, 2.75) is 32.1 Å². The van der Waals surface area contributed by atoms with Crippen LogP contribution in [0.5, 0.6) is 0 Å². The number of benzene rings is 1. The molecular weight excluding hydrogens is 330 g/mol. The van der Waals surface area contributed by atoms with Crippen LogP contribution in [0.1, 0.15) is 30.4 Å². The molecule has 1 amide bonds. The van der Waals surface area contributed by atoms with Gasteiger partial charge in [0.15, 0.2) is 16.4 Å². The van der Waals surface area contributed by atoms with Crippen molar-refractivity contribution in [2.75, 3.05) is 23.4 Å². The summed E-state index contributed by atoms with van der Waals surface area (Å²) in [5, 5.41) is 2.72. The summed E-state index contributed by atoms with van der Waals surface area (Å²) in [6.45, 7) is -0.352. The van der Waals surface area contributed by atoms with Crippen molar-refractivity contribution in [3.8, 4) is 0 Å². The molecule has 0 spiro atoms. The third kappa shape index (κ3) is 4.35. The molecule has 1 aliphatic carbocycles. The standard InChI is InChI=1S/C17H21NO5S/c19-16(18-15-5-4-13-2-1-3-14(13)9-15)10-23-17(20)8-12-6-7-24(21,22)11-12/h4-5,9,12H,1-3,6-8,10-11H2,(H,18,19)/t12-/m1/s1. The second kappa shape index (κ2) is 6.93. The molecule has 1 aromatic carbocycles. The zero-order valence-electron chi connectivity index (χ0n) is 13.4. The lowest BCUT2D eigenvalue weighted by atomic mass is 10.1. The summed E-state index contributed by atoms with van der Waals surface area (Å²) >= 11 is 0. The molecule has 0 radical (unpaired) electrons. The SMILES string of the molecule is O=C(COC(=O)C[C@H]1CCS(=O)(=O)C1)Nc1ccc2c(c1)CCC2. The highest BCUT2D eigenvalue weighted by molar-refractivity contribution is 7.91. The van der Waals surface area contributed by atoms with Crippen LogP contribution in [0.25, 0.3) is 0 Å². The average Bonchev–Trinajstić information content (AvgIpc) is 3.11. The smallest absolute Gasteiger partial charge is 0.306 e. The Kier molecular flexibility index (Phi) is 4.89. The fourth-order valence-electron chi connectivity index (χ4n) is 3.32. The van der Waals surface area contributed by atoms with Crippen molar-refractivity contribution in [1.29, 1.82) is 0 Å². The van der Waals surface area contributed by atoms with Gasteiger partial charge in [-0.15, -0.1) is 0 Å². The summed E-state index contributed by atoms with van der Waals surface area (Å²) in [6, 6.07) is 5.84. The van der Waals surface area contributed by atoms with Crippen molar-refractivity contribution in [3.05, 3.63) is 29.3 Å². The van der Waals surface area contributed by atoms with Crippen LogP contribution in [0.3, 0.4) is 0 Å². The lowest BCUT2D eigenvalue weighted by Gasteiger charge is -2.10. The molecule has 0 bridgehead atoms. The normalized spacial score (nSPS) is 21.2. The van der Waals surface area contributed by atoms with Gasteiger partial charge >= 0.3 is 5.97 Å². The minimum Gasteiger partial charge on any atom is -0.456 e. The fourth-order valence-corrected chi connectivity index (χ4v) is 5.18. The Balaban J connectivity index is 1.43. The molecule has 1 aromatic rings. The minimum atomic E-state index is -3.01. The van der Waals surface area contributed by atoms with Crippen LogP contribution in [0, 0.1) is 5.92 Å². The van der Waals surface area contributed by atoms with Crippen molar-refractivity contribution < 1.29 is 22.7 Å². The zero-order valence-corrected chi connectivity index (χ0v) is 14.2. The summed E-state index contributed by atoms with van der Waals surface area (Å²) in [5.41, 5.74) is 3.29. The van der Waals surface area contributed by atoms with Gasteiger partial charge in [0.05, 0.1) is 11.5 Å². The highest BCUT2D eigenvalue weighted by Crippen LogP contribution is 2.25. The van der Waals surface area contributed by atoms with E-state index in [0.29, 0.717) is 12.1 Å². The predicted octanol–water partition coefficient (Wildman–Crippen LogP) is 1.48. The van der Waals surface area contributed by atoms with Crippen LogP contribution in [-0.4, -0.2) is 38.4 Å². The Morgan fingerprint density at radius 2 is 2.00 bits per heavy atom. The van der Waals surface area contributed by atoms with E-state index in [-0.39, 0.29) is 36.4 Å². The molecule has 0 aromatic heterocycles. The second-order valence-corrected chi connectivity index (χ2v) is 8.75. The predicted molar refractivity (Wildman–Crippen MR) is 89.4 cm³/mol. The van der Waals surface area contributed by atoms with Gasteiger partial charge in [0, 0.05) is 12.1 Å².